The first-order chi connectivity index (χ1) is 8.42. The maximum atomic E-state index is 4.28. The van der Waals surface area contributed by atoms with Crippen molar-refractivity contribution in [1.82, 2.24) is 10.3 Å². The normalized spacial score (nSPS) is 23.5. The molecule has 2 aliphatic heterocycles. The average molecular weight is 230 g/mol. The third-order valence-corrected chi connectivity index (χ3v) is 3.47. The summed E-state index contributed by atoms with van der Waals surface area (Å²) in [6.45, 7) is 3.00. The van der Waals surface area contributed by atoms with E-state index in [9.17, 15) is 0 Å². The van der Waals surface area contributed by atoms with Gasteiger partial charge in [0.2, 0.25) is 0 Å². The van der Waals surface area contributed by atoms with Gasteiger partial charge in [0.25, 0.3) is 0 Å². The fraction of sp³-hybridized carbons (Fsp3) is 0.538. The molecule has 1 fully saturated rings. The first-order valence-corrected chi connectivity index (χ1v) is 6.40. The first-order valence-electron chi connectivity index (χ1n) is 6.40. The first kappa shape index (κ1) is 10.7. The van der Waals surface area contributed by atoms with Crippen molar-refractivity contribution in [2.45, 2.75) is 31.8 Å². The lowest BCUT2D eigenvalue weighted by molar-refractivity contribution is 0.207. The summed E-state index contributed by atoms with van der Waals surface area (Å²) in [6.07, 6.45) is 3.90. The van der Waals surface area contributed by atoms with E-state index in [-0.39, 0.29) is 0 Å². The Morgan fingerprint density at radius 2 is 2.24 bits per heavy atom. The van der Waals surface area contributed by atoms with Crippen LogP contribution in [-0.2, 0) is 6.54 Å². The van der Waals surface area contributed by atoms with Crippen LogP contribution in [0, 0.1) is 0 Å². The van der Waals surface area contributed by atoms with Crippen LogP contribution in [0.3, 0.4) is 0 Å². The van der Waals surface area contributed by atoms with Crippen LogP contribution in [0.1, 0.15) is 24.8 Å². The third-order valence-electron chi connectivity index (χ3n) is 3.47. The van der Waals surface area contributed by atoms with Gasteiger partial charge in [-0.25, -0.2) is 0 Å². The van der Waals surface area contributed by atoms with E-state index in [1.807, 2.05) is 12.1 Å². The van der Waals surface area contributed by atoms with Gasteiger partial charge in [-0.2, -0.15) is 0 Å². The number of hydrogen-bond donors (Lipinski definition) is 1. The van der Waals surface area contributed by atoms with Crippen molar-refractivity contribution in [1.29, 1.82) is 0 Å². The van der Waals surface area contributed by atoms with Crippen molar-refractivity contribution in [2.75, 3.05) is 13.1 Å². The molecule has 2 heterocycles. The molecule has 0 unspecified atom stereocenters. The molecule has 1 saturated heterocycles. The van der Waals surface area contributed by atoms with E-state index in [0.29, 0.717) is 6.04 Å². The highest BCUT2D eigenvalue weighted by Gasteiger charge is 2.18. The van der Waals surface area contributed by atoms with Crippen LogP contribution >= 0.6 is 0 Å². The van der Waals surface area contributed by atoms with Crippen LogP contribution < -0.4 is 5.32 Å². The maximum absolute atomic E-state index is 4.28. The molecule has 0 aromatic heterocycles. The van der Waals surface area contributed by atoms with Crippen molar-refractivity contribution in [2.24, 2.45) is 10.3 Å². The lowest BCUT2D eigenvalue weighted by atomic mass is 10.0. The average Bonchev–Trinajstić information content (AvgIpc) is 2.40. The van der Waals surface area contributed by atoms with Crippen LogP contribution in [0.5, 0.6) is 0 Å². The van der Waals surface area contributed by atoms with Gasteiger partial charge in [-0.05, 0) is 25.5 Å². The molecule has 1 aromatic rings. The molecule has 0 aliphatic carbocycles. The zero-order valence-electron chi connectivity index (χ0n) is 9.97. The number of nitrogens with one attached hydrogen (secondary N) is 1. The molecule has 0 spiro atoms. The van der Waals surface area contributed by atoms with E-state index in [1.54, 1.807) is 0 Å². The Balaban J connectivity index is 1.64. The SMILES string of the molecule is c1ccc2c(c1)CN(C[C@H]1CCCCN1)N=N2. The molecule has 90 valence electrons. The van der Waals surface area contributed by atoms with Crippen molar-refractivity contribution in [3.05, 3.63) is 29.8 Å². The molecule has 1 atom stereocenters. The molecule has 1 N–H and O–H groups in total. The molecule has 3 rings (SSSR count). The van der Waals surface area contributed by atoms with Crippen molar-refractivity contribution < 1.29 is 0 Å². The Bertz CT molecular complexity index is 410. The van der Waals surface area contributed by atoms with Crippen molar-refractivity contribution in [3.63, 3.8) is 0 Å². The highest BCUT2D eigenvalue weighted by molar-refractivity contribution is 5.45. The maximum Gasteiger partial charge on any atom is 0.0924 e. The van der Waals surface area contributed by atoms with Gasteiger partial charge in [-0.1, -0.05) is 29.8 Å². The molecule has 4 heteroatoms. The number of rotatable bonds is 2. The number of nitrogens with zero attached hydrogens (tertiary/aromatic N) is 3. The van der Waals surface area contributed by atoms with Gasteiger partial charge < -0.3 is 5.32 Å². The summed E-state index contributed by atoms with van der Waals surface area (Å²) in [6, 6.07) is 8.81. The topological polar surface area (TPSA) is 40.0 Å². The number of fused-ring (bicyclic) bond motifs is 1. The van der Waals surface area contributed by atoms with Gasteiger partial charge in [0.05, 0.1) is 18.8 Å². The summed E-state index contributed by atoms with van der Waals surface area (Å²) in [7, 11) is 0. The minimum absolute atomic E-state index is 0.577. The Morgan fingerprint density at radius 3 is 3.12 bits per heavy atom. The molecule has 2 aliphatic rings. The Hall–Kier alpha value is -1.42. The molecule has 1 aromatic carbocycles. The molecular formula is C13H18N4. The number of piperidine rings is 1. The smallest absolute Gasteiger partial charge is 0.0924 e. The van der Waals surface area contributed by atoms with E-state index < -0.39 is 0 Å². The molecule has 0 radical (unpaired) electrons. The van der Waals surface area contributed by atoms with E-state index >= 15 is 0 Å². The number of hydrogen-bond acceptors (Lipinski definition) is 4. The molecule has 0 amide bonds. The molecular weight excluding hydrogens is 212 g/mol. The van der Waals surface area contributed by atoms with Gasteiger partial charge in [-0.15, -0.1) is 5.11 Å². The van der Waals surface area contributed by atoms with E-state index in [2.05, 4.69) is 32.8 Å². The Labute approximate surface area is 102 Å². The highest BCUT2D eigenvalue weighted by atomic mass is 15.6. The van der Waals surface area contributed by atoms with Gasteiger partial charge in [0.1, 0.15) is 0 Å². The standard InChI is InChI=1S/C13H18N4/c1-2-7-13-11(5-1)9-17(16-15-13)10-12-6-3-4-8-14-12/h1-2,5,7,12,14H,3-4,6,8-10H2/t12-/m1/s1. The fourth-order valence-electron chi connectivity index (χ4n) is 2.52. The summed E-state index contributed by atoms with van der Waals surface area (Å²) in [5.41, 5.74) is 2.29. The van der Waals surface area contributed by atoms with Crippen molar-refractivity contribution in [3.8, 4) is 0 Å². The Morgan fingerprint density at radius 1 is 1.29 bits per heavy atom. The van der Waals surface area contributed by atoms with Crippen LogP contribution in [-0.4, -0.2) is 24.1 Å². The minimum Gasteiger partial charge on any atom is -0.312 e. The summed E-state index contributed by atoms with van der Waals surface area (Å²) in [4.78, 5) is 0. The minimum atomic E-state index is 0.577. The fourth-order valence-corrected chi connectivity index (χ4v) is 2.52. The summed E-state index contributed by atoms with van der Waals surface area (Å²) < 4.78 is 0. The molecule has 0 bridgehead atoms. The predicted molar refractivity (Wildman–Crippen MR) is 67.0 cm³/mol. The molecule has 17 heavy (non-hydrogen) atoms. The van der Waals surface area contributed by atoms with Crippen LogP contribution in [0.15, 0.2) is 34.6 Å². The Kier molecular flexibility index (Phi) is 3.05. The number of benzene rings is 1. The van der Waals surface area contributed by atoms with Gasteiger partial charge >= 0.3 is 0 Å². The van der Waals surface area contributed by atoms with Gasteiger partial charge in [0.15, 0.2) is 0 Å². The lowest BCUT2D eigenvalue weighted by Gasteiger charge is -2.29. The largest absolute Gasteiger partial charge is 0.312 e. The van der Waals surface area contributed by atoms with E-state index in [1.165, 1.54) is 24.8 Å². The summed E-state index contributed by atoms with van der Waals surface area (Å²) in [5.74, 6) is 0. The van der Waals surface area contributed by atoms with E-state index in [4.69, 9.17) is 0 Å². The highest BCUT2D eigenvalue weighted by Crippen LogP contribution is 2.25. The van der Waals surface area contributed by atoms with Crippen LogP contribution in [0.2, 0.25) is 0 Å². The third kappa shape index (κ3) is 2.47. The van der Waals surface area contributed by atoms with Gasteiger partial charge in [-0.3, -0.25) is 5.01 Å². The zero-order valence-corrected chi connectivity index (χ0v) is 9.97. The predicted octanol–water partition coefficient (Wildman–Crippen LogP) is 2.64. The summed E-state index contributed by atoms with van der Waals surface area (Å²) >= 11 is 0. The molecule has 0 saturated carbocycles. The second-order valence-corrected chi connectivity index (χ2v) is 4.81. The quantitative estimate of drug-likeness (QED) is 0.848. The van der Waals surface area contributed by atoms with Crippen LogP contribution in [0.4, 0.5) is 5.69 Å². The molecule has 4 nitrogen and oxygen atoms in total. The summed E-state index contributed by atoms with van der Waals surface area (Å²) in [5, 5.41) is 14.2. The second kappa shape index (κ2) is 4.84. The van der Waals surface area contributed by atoms with Gasteiger partial charge in [0, 0.05) is 11.6 Å². The lowest BCUT2D eigenvalue weighted by Crippen LogP contribution is -2.42. The zero-order chi connectivity index (χ0) is 11.5. The van der Waals surface area contributed by atoms with Crippen LogP contribution in [0.25, 0.3) is 0 Å². The second-order valence-electron chi connectivity index (χ2n) is 4.81. The van der Waals surface area contributed by atoms with E-state index in [0.717, 1.165) is 25.3 Å². The van der Waals surface area contributed by atoms with Crippen molar-refractivity contribution >= 4 is 5.69 Å². The monoisotopic (exact) mass is 230 g/mol.